The van der Waals surface area contributed by atoms with Crippen LogP contribution in [0, 0.1) is 0 Å². The van der Waals surface area contributed by atoms with Gasteiger partial charge in [-0.3, -0.25) is 37.3 Å². The predicted octanol–water partition coefficient (Wildman–Crippen LogP) is 22.4. The summed E-state index contributed by atoms with van der Waals surface area (Å²) < 4.78 is 68.3. The van der Waals surface area contributed by atoms with Crippen LogP contribution in [0.2, 0.25) is 0 Å². The van der Waals surface area contributed by atoms with E-state index < -0.39 is 97.5 Å². The van der Waals surface area contributed by atoms with Crippen molar-refractivity contribution >= 4 is 39.5 Å². The lowest BCUT2D eigenvalue weighted by atomic mass is 10.1. The lowest BCUT2D eigenvalue weighted by molar-refractivity contribution is -0.161. The van der Waals surface area contributed by atoms with Gasteiger partial charge in [-0.25, -0.2) is 9.13 Å². The first-order valence-electron chi connectivity index (χ1n) is 38.7. The van der Waals surface area contributed by atoms with Gasteiger partial charge in [0.25, 0.3) is 0 Å². The van der Waals surface area contributed by atoms with Gasteiger partial charge in [0.15, 0.2) is 12.2 Å². The molecule has 0 aromatic heterocycles. The Morgan fingerprint density at radius 3 is 0.912 bits per heavy atom. The van der Waals surface area contributed by atoms with Crippen LogP contribution in [0.5, 0.6) is 0 Å². The molecule has 0 aliphatic carbocycles. The predicted molar refractivity (Wildman–Crippen MR) is 417 cm³/mol. The van der Waals surface area contributed by atoms with Crippen LogP contribution in [-0.4, -0.2) is 96.7 Å². The van der Waals surface area contributed by atoms with Crippen molar-refractivity contribution in [2.75, 3.05) is 39.6 Å². The first-order valence-corrected chi connectivity index (χ1v) is 41.7. The molecule has 0 saturated heterocycles. The van der Waals surface area contributed by atoms with Gasteiger partial charge in [-0.2, -0.15) is 0 Å². The van der Waals surface area contributed by atoms with Crippen LogP contribution in [0.15, 0.2) is 158 Å². The van der Waals surface area contributed by atoms with Gasteiger partial charge in [0.2, 0.25) is 0 Å². The average molecular weight is 1470 g/mol. The summed E-state index contributed by atoms with van der Waals surface area (Å²) in [7, 11) is -10.0. The molecule has 0 fully saturated rings. The normalized spacial score (nSPS) is 14.8. The smallest absolute Gasteiger partial charge is 0.462 e. The summed E-state index contributed by atoms with van der Waals surface area (Å²) in [6.45, 7) is 4.41. The number of aliphatic hydroxyl groups is 1. The standard InChI is InChI=1S/C83H136O17P2/c1-5-9-13-17-21-25-29-33-36-37-38-39-42-45-48-52-56-60-64-68-81(86)94-74-79(100-83(88)70-66-62-58-54-50-46-41-35-31-27-23-19-15-11-7-3)76-98-102(91,92)96-72-77(84)71-95-101(89,90)97-75-78(99-82(87)69-65-61-57-53-49-43-32-28-24-20-16-12-8-4)73-93-80(85)67-63-59-55-51-47-44-40-34-30-26-22-18-14-10-6-2/h9,11,13,15,21-23,25-28,32-36,38-41,45,48,50,54,62,66,77-79,84H,5-8,10,12,14,16-20,24,29-31,37,42-44,46-47,49,51-53,55-61,63-65,67-76H2,1-4H3,(H,89,90)(H,91,92)/b13-9-,15-11-,25-21-,26-22-,27-23-,32-28-,36-33-,39-38-,40-34-,41-35-,48-45-,54-50-,66-62-. The lowest BCUT2D eigenvalue weighted by Crippen LogP contribution is -2.30. The Labute approximate surface area is 617 Å². The molecule has 0 aliphatic rings. The summed E-state index contributed by atoms with van der Waals surface area (Å²) >= 11 is 0. The molecule has 3 N–H and O–H groups in total. The summed E-state index contributed by atoms with van der Waals surface area (Å²) in [6, 6.07) is 0. The number of hydrogen-bond acceptors (Lipinski definition) is 15. The number of rotatable bonds is 71. The van der Waals surface area contributed by atoms with Crippen molar-refractivity contribution in [3.05, 3.63) is 158 Å². The Balaban J connectivity index is 5.47. The number of esters is 4. The first-order chi connectivity index (χ1) is 49.7. The Bertz CT molecular complexity index is 2550. The summed E-state index contributed by atoms with van der Waals surface area (Å²) in [4.78, 5) is 72.8. The van der Waals surface area contributed by atoms with E-state index in [2.05, 4.69) is 161 Å². The van der Waals surface area contributed by atoms with E-state index in [0.29, 0.717) is 25.7 Å². The number of phosphoric ester groups is 2. The second-order valence-corrected chi connectivity index (χ2v) is 28.1. The number of unbranched alkanes of at least 4 members (excludes halogenated alkanes) is 20. The van der Waals surface area contributed by atoms with Crippen LogP contribution in [0.4, 0.5) is 0 Å². The Kier molecular flexibility index (Phi) is 70.1. The number of ether oxygens (including phenoxy) is 4. The van der Waals surface area contributed by atoms with Crippen LogP contribution in [-0.2, 0) is 65.4 Å². The maximum atomic E-state index is 13.1. The number of aliphatic hydroxyl groups excluding tert-OH is 1. The fourth-order valence-corrected chi connectivity index (χ4v) is 11.2. The van der Waals surface area contributed by atoms with Crippen LogP contribution in [0.25, 0.3) is 0 Å². The van der Waals surface area contributed by atoms with Gasteiger partial charge in [0, 0.05) is 19.3 Å². The maximum Gasteiger partial charge on any atom is 0.472 e. The SMILES string of the molecule is CC/C=C\C/C=C\C/C=C\C/C=C\C/C=C\CCCCCC(=O)OCC(COP(=O)(O)OCC(O)COP(=O)(O)OCC(COC(=O)CCCCCCC/C=C\C/C=C\CCCCC)OC(=O)CCCCCCC/C=C\CCCCCC)OC(=O)C/C=C\C/C=C\C/C=C\C/C=C\C/C=C\CC. The number of carbonyl (C=O) groups excluding carboxylic acids is 4. The Hall–Kier alpha value is -5.32. The lowest BCUT2D eigenvalue weighted by Gasteiger charge is -2.21. The van der Waals surface area contributed by atoms with Gasteiger partial charge in [-0.05, 0) is 154 Å². The third-order valence-corrected chi connectivity index (χ3v) is 17.4. The molecule has 0 aromatic rings. The number of carbonyl (C=O) groups is 4. The molecule has 0 bridgehead atoms. The van der Waals surface area contributed by atoms with Crippen molar-refractivity contribution in [1.29, 1.82) is 0 Å². The second kappa shape index (κ2) is 74.0. The van der Waals surface area contributed by atoms with Crippen LogP contribution in [0.3, 0.4) is 0 Å². The van der Waals surface area contributed by atoms with Gasteiger partial charge in [-0.15, -0.1) is 0 Å². The molecular weight excluding hydrogens is 1330 g/mol. The molecular formula is C83H136O17P2. The fraction of sp³-hybridized carbons (Fsp3) is 0.639. The Morgan fingerprint density at radius 2 is 0.549 bits per heavy atom. The molecule has 5 unspecified atom stereocenters. The highest BCUT2D eigenvalue weighted by Gasteiger charge is 2.30. The molecule has 0 spiro atoms. The van der Waals surface area contributed by atoms with Gasteiger partial charge >= 0.3 is 39.5 Å². The third-order valence-electron chi connectivity index (χ3n) is 15.5. The van der Waals surface area contributed by atoms with Crippen LogP contribution in [0.1, 0.15) is 285 Å². The fourth-order valence-electron chi connectivity index (χ4n) is 9.64. The largest absolute Gasteiger partial charge is 0.472 e. The zero-order valence-electron chi connectivity index (χ0n) is 63.2. The molecule has 19 heteroatoms. The molecule has 0 aliphatic heterocycles. The minimum atomic E-state index is -5.02. The molecule has 0 aromatic carbocycles. The summed E-state index contributed by atoms with van der Waals surface area (Å²) in [5.74, 6) is -2.40. The number of hydrogen-bond donors (Lipinski definition) is 3. The molecule has 17 nitrogen and oxygen atoms in total. The van der Waals surface area contributed by atoms with Gasteiger partial charge < -0.3 is 33.8 Å². The van der Waals surface area contributed by atoms with E-state index in [1.54, 1.807) is 12.2 Å². The first kappa shape index (κ1) is 96.7. The summed E-state index contributed by atoms with van der Waals surface area (Å²) in [6.07, 6.45) is 85.5. The molecule has 0 radical (unpaired) electrons. The van der Waals surface area contributed by atoms with Gasteiger partial charge in [0.05, 0.1) is 32.8 Å². The monoisotopic (exact) mass is 1470 g/mol. The van der Waals surface area contributed by atoms with E-state index in [1.165, 1.54) is 44.9 Å². The van der Waals surface area contributed by atoms with E-state index >= 15 is 0 Å². The van der Waals surface area contributed by atoms with Crippen molar-refractivity contribution in [1.82, 2.24) is 0 Å². The zero-order valence-corrected chi connectivity index (χ0v) is 65.0. The minimum Gasteiger partial charge on any atom is -0.462 e. The molecule has 102 heavy (non-hydrogen) atoms. The van der Waals surface area contributed by atoms with Crippen LogP contribution < -0.4 is 0 Å². The Morgan fingerprint density at radius 1 is 0.294 bits per heavy atom. The molecule has 5 atom stereocenters. The molecule has 0 amide bonds. The maximum absolute atomic E-state index is 13.1. The van der Waals surface area contributed by atoms with Crippen molar-refractivity contribution in [2.45, 2.75) is 303 Å². The molecule has 0 saturated carbocycles. The highest BCUT2D eigenvalue weighted by molar-refractivity contribution is 7.47. The van der Waals surface area contributed by atoms with Crippen molar-refractivity contribution in [3.63, 3.8) is 0 Å². The number of allylic oxidation sites excluding steroid dienone is 25. The van der Waals surface area contributed by atoms with Crippen molar-refractivity contribution < 1.29 is 80.2 Å². The highest BCUT2D eigenvalue weighted by Crippen LogP contribution is 2.45. The van der Waals surface area contributed by atoms with Gasteiger partial charge in [0.1, 0.15) is 19.3 Å². The minimum absolute atomic E-state index is 0.0748. The second-order valence-electron chi connectivity index (χ2n) is 25.2. The van der Waals surface area contributed by atoms with E-state index in [-0.39, 0.29) is 25.7 Å². The summed E-state index contributed by atoms with van der Waals surface area (Å²) in [5, 5.41) is 10.6. The van der Waals surface area contributed by atoms with Crippen molar-refractivity contribution in [2.24, 2.45) is 0 Å². The molecule has 0 heterocycles. The zero-order chi connectivity index (χ0) is 74.6. The van der Waals surface area contributed by atoms with E-state index in [9.17, 15) is 43.2 Å². The van der Waals surface area contributed by atoms with E-state index in [1.807, 2.05) is 12.2 Å². The molecule has 0 rings (SSSR count). The van der Waals surface area contributed by atoms with Crippen LogP contribution >= 0.6 is 15.6 Å². The quantitative estimate of drug-likeness (QED) is 0.0169. The average Bonchev–Trinajstić information content (AvgIpc) is 0.924. The third kappa shape index (κ3) is 73.0. The topological polar surface area (TPSA) is 237 Å². The highest BCUT2D eigenvalue weighted by atomic mass is 31.2. The van der Waals surface area contributed by atoms with E-state index in [4.69, 9.17) is 37.0 Å². The summed E-state index contributed by atoms with van der Waals surface area (Å²) in [5.41, 5.74) is 0. The number of phosphoric acid groups is 2. The van der Waals surface area contributed by atoms with E-state index in [0.717, 1.165) is 161 Å². The molecule has 580 valence electrons. The van der Waals surface area contributed by atoms with Gasteiger partial charge in [-0.1, -0.05) is 263 Å². The van der Waals surface area contributed by atoms with Crippen molar-refractivity contribution in [3.8, 4) is 0 Å².